The van der Waals surface area contributed by atoms with E-state index in [9.17, 15) is 4.79 Å². The second kappa shape index (κ2) is 5.63. The predicted octanol–water partition coefficient (Wildman–Crippen LogP) is 0.141. The highest BCUT2D eigenvalue weighted by Crippen LogP contribution is 2.17. The van der Waals surface area contributed by atoms with Crippen LogP contribution in [0.3, 0.4) is 0 Å². The first-order chi connectivity index (χ1) is 8.60. The Bertz CT molecular complexity index is 480. The van der Waals surface area contributed by atoms with Crippen molar-refractivity contribution in [1.29, 1.82) is 0 Å². The predicted molar refractivity (Wildman–Crippen MR) is 75.0 cm³/mol. The molecule has 0 aromatic heterocycles. The van der Waals surface area contributed by atoms with Gasteiger partial charge in [0.05, 0.1) is 6.42 Å². The summed E-state index contributed by atoms with van der Waals surface area (Å²) in [6.07, 6.45) is 0.0495. The Labute approximate surface area is 113 Å². The Morgan fingerprint density at radius 2 is 1.95 bits per heavy atom. The van der Waals surface area contributed by atoms with Gasteiger partial charge in [0.1, 0.15) is 5.60 Å². The van der Waals surface area contributed by atoms with Crippen LogP contribution in [-0.2, 0) is 16.0 Å². The van der Waals surface area contributed by atoms with Gasteiger partial charge in [-0.05, 0) is 50.4 Å². The van der Waals surface area contributed by atoms with Crippen molar-refractivity contribution in [2.75, 3.05) is 5.73 Å². The third-order valence-corrected chi connectivity index (χ3v) is 2.63. The van der Waals surface area contributed by atoms with Crippen molar-refractivity contribution in [3.8, 4) is 0 Å². The van der Waals surface area contributed by atoms with E-state index < -0.39 is 12.7 Å². The van der Waals surface area contributed by atoms with Crippen molar-refractivity contribution >= 4 is 24.2 Å². The number of anilines is 1. The molecule has 0 saturated heterocycles. The maximum atomic E-state index is 11.8. The molecule has 6 heteroatoms. The second-order valence-corrected chi connectivity index (χ2v) is 5.53. The summed E-state index contributed by atoms with van der Waals surface area (Å²) in [4.78, 5) is 11.8. The number of benzene rings is 1. The maximum absolute atomic E-state index is 11.8. The van der Waals surface area contributed by atoms with E-state index in [-0.39, 0.29) is 17.9 Å². The highest BCUT2D eigenvalue weighted by atomic mass is 16.6. The van der Waals surface area contributed by atoms with Gasteiger partial charge in [0, 0.05) is 5.69 Å². The van der Waals surface area contributed by atoms with Gasteiger partial charge in [-0.2, -0.15) is 0 Å². The van der Waals surface area contributed by atoms with Gasteiger partial charge < -0.3 is 20.5 Å². The van der Waals surface area contributed by atoms with Crippen LogP contribution in [0.5, 0.6) is 0 Å². The van der Waals surface area contributed by atoms with Crippen LogP contribution in [0.1, 0.15) is 31.9 Å². The summed E-state index contributed by atoms with van der Waals surface area (Å²) in [6, 6.07) is 3.04. The molecular weight excluding hydrogens is 245 g/mol. The van der Waals surface area contributed by atoms with Gasteiger partial charge in [-0.25, -0.2) is 0 Å². The van der Waals surface area contributed by atoms with E-state index in [1.807, 2.05) is 0 Å². The smallest absolute Gasteiger partial charge is 0.460 e. The standard InChI is InChI=1S/C13H20BNO4/c1-8-9(6-12(16)19-13(2,3)4)5-10(14(17)18)7-11(8)15/h5,7,17-18H,6,15H2,1-4H3. The molecule has 19 heavy (non-hydrogen) atoms. The number of rotatable bonds is 3. The van der Waals surface area contributed by atoms with E-state index in [2.05, 4.69) is 0 Å². The largest absolute Gasteiger partial charge is 0.488 e. The number of nitrogens with two attached hydrogens (primary N) is 1. The van der Waals surface area contributed by atoms with Crippen LogP contribution < -0.4 is 11.2 Å². The third-order valence-electron chi connectivity index (χ3n) is 2.63. The molecule has 0 aliphatic carbocycles. The van der Waals surface area contributed by atoms with E-state index in [0.717, 1.165) is 5.56 Å². The molecule has 1 aromatic rings. The highest BCUT2D eigenvalue weighted by molar-refractivity contribution is 6.58. The topological polar surface area (TPSA) is 92.8 Å². The van der Waals surface area contributed by atoms with E-state index in [0.29, 0.717) is 11.3 Å². The average Bonchev–Trinajstić information content (AvgIpc) is 2.21. The first kappa shape index (κ1) is 15.5. The fourth-order valence-corrected chi connectivity index (χ4v) is 1.69. The molecule has 104 valence electrons. The number of hydrogen-bond acceptors (Lipinski definition) is 5. The Kier molecular flexibility index (Phi) is 4.60. The zero-order chi connectivity index (χ0) is 14.8. The first-order valence-corrected chi connectivity index (χ1v) is 6.07. The minimum absolute atomic E-state index is 0.0495. The van der Waals surface area contributed by atoms with Gasteiger partial charge in [0.15, 0.2) is 0 Å². The van der Waals surface area contributed by atoms with Crippen LogP contribution in [0.4, 0.5) is 5.69 Å². The van der Waals surface area contributed by atoms with Crippen molar-refractivity contribution < 1.29 is 19.6 Å². The van der Waals surface area contributed by atoms with Gasteiger partial charge in [-0.1, -0.05) is 6.07 Å². The normalized spacial score (nSPS) is 11.3. The Morgan fingerprint density at radius 3 is 2.42 bits per heavy atom. The van der Waals surface area contributed by atoms with E-state index in [1.54, 1.807) is 33.8 Å². The molecule has 0 spiro atoms. The summed E-state index contributed by atoms with van der Waals surface area (Å²) in [7, 11) is -1.61. The van der Waals surface area contributed by atoms with Crippen LogP contribution in [0.2, 0.25) is 0 Å². The van der Waals surface area contributed by atoms with E-state index >= 15 is 0 Å². The van der Waals surface area contributed by atoms with Crippen LogP contribution in [0.15, 0.2) is 12.1 Å². The summed E-state index contributed by atoms with van der Waals surface area (Å²) < 4.78 is 5.23. The van der Waals surface area contributed by atoms with Crippen LogP contribution in [0.25, 0.3) is 0 Å². The third kappa shape index (κ3) is 4.57. The van der Waals surface area contributed by atoms with Crippen LogP contribution in [-0.4, -0.2) is 28.7 Å². The average molecular weight is 265 g/mol. The fourth-order valence-electron chi connectivity index (χ4n) is 1.69. The molecule has 0 atom stereocenters. The molecule has 5 nitrogen and oxygen atoms in total. The minimum atomic E-state index is -1.61. The summed E-state index contributed by atoms with van der Waals surface area (Å²) in [5.74, 6) is -0.375. The fraction of sp³-hybridized carbons (Fsp3) is 0.462. The molecule has 0 heterocycles. The zero-order valence-electron chi connectivity index (χ0n) is 11.7. The molecule has 0 amide bonds. The summed E-state index contributed by atoms with van der Waals surface area (Å²) >= 11 is 0. The van der Waals surface area contributed by atoms with Crippen molar-refractivity contribution in [2.45, 2.75) is 39.7 Å². The van der Waals surface area contributed by atoms with Gasteiger partial charge in [0.2, 0.25) is 0 Å². The van der Waals surface area contributed by atoms with Gasteiger partial charge >= 0.3 is 13.1 Å². The van der Waals surface area contributed by atoms with E-state index in [1.165, 1.54) is 6.07 Å². The Hall–Kier alpha value is -1.53. The number of carbonyl (C=O) groups is 1. The number of esters is 1. The molecule has 0 radical (unpaired) electrons. The molecule has 4 N–H and O–H groups in total. The monoisotopic (exact) mass is 265 g/mol. The Balaban J connectivity index is 2.97. The van der Waals surface area contributed by atoms with E-state index in [4.69, 9.17) is 20.5 Å². The van der Waals surface area contributed by atoms with Crippen LogP contribution in [0, 0.1) is 6.92 Å². The minimum Gasteiger partial charge on any atom is -0.460 e. The molecule has 0 saturated carbocycles. The lowest BCUT2D eigenvalue weighted by Gasteiger charge is -2.20. The molecule has 0 aliphatic rings. The lowest BCUT2D eigenvalue weighted by Crippen LogP contribution is -2.31. The lowest BCUT2D eigenvalue weighted by atomic mass is 9.78. The maximum Gasteiger partial charge on any atom is 0.488 e. The van der Waals surface area contributed by atoms with Crippen LogP contribution >= 0.6 is 0 Å². The van der Waals surface area contributed by atoms with Crippen molar-refractivity contribution in [3.05, 3.63) is 23.3 Å². The van der Waals surface area contributed by atoms with Gasteiger partial charge in [0.25, 0.3) is 0 Å². The van der Waals surface area contributed by atoms with Gasteiger partial charge in [-0.15, -0.1) is 0 Å². The number of ether oxygens (including phenoxy) is 1. The molecule has 1 aromatic carbocycles. The number of hydrogen-bond donors (Lipinski definition) is 3. The molecule has 0 bridgehead atoms. The summed E-state index contributed by atoms with van der Waals surface area (Å²) in [5, 5.41) is 18.3. The lowest BCUT2D eigenvalue weighted by molar-refractivity contribution is -0.153. The molecule has 0 unspecified atom stereocenters. The SMILES string of the molecule is Cc1c(N)cc(B(O)O)cc1CC(=O)OC(C)(C)C. The molecule has 1 rings (SSSR count). The number of carbonyl (C=O) groups excluding carboxylic acids is 1. The summed E-state index contributed by atoms with van der Waals surface area (Å²) in [6.45, 7) is 7.16. The molecular formula is C13H20BNO4. The second-order valence-electron chi connectivity index (χ2n) is 5.53. The number of nitrogen functional groups attached to an aromatic ring is 1. The van der Waals surface area contributed by atoms with Crippen molar-refractivity contribution in [1.82, 2.24) is 0 Å². The van der Waals surface area contributed by atoms with Crippen molar-refractivity contribution in [2.24, 2.45) is 0 Å². The zero-order valence-corrected chi connectivity index (χ0v) is 11.7. The first-order valence-electron chi connectivity index (χ1n) is 6.07. The summed E-state index contributed by atoms with van der Waals surface area (Å²) in [5.41, 5.74) is 7.30. The molecule has 0 aliphatic heterocycles. The molecule has 0 fully saturated rings. The Morgan fingerprint density at radius 1 is 1.37 bits per heavy atom. The van der Waals surface area contributed by atoms with Gasteiger partial charge in [-0.3, -0.25) is 4.79 Å². The van der Waals surface area contributed by atoms with Crippen molar-refractivity contribution in [3.63, 3.8) is 0 Å². The highest BCUT2D eigenvalue weighted by Gasteiger charge is 2.20. The quantitative estimate of drug-likeness (QED) is 0.410.